The highest BCUT2D eigenvalue weighted by Crippen LogP contribution is 2.42. The highest BCUT2D eigenvalue weighted by molar-refractivity contribution is 7.10. The largest absolute Gasteiger partial charge is 0.309 e. The van der Waals surface area contributed by atoms with Crippen molar-refractivity contribution < 1.29 is 4.39 Å². The van der Waals surface area contributed by atoms with Gasteiger partial charge in [0.1, 0.15) is 0 Å². The zero-order valence-electron chi connectivity index (χ0n) is 20.4. The minimum atomic E-state index is -0.0704. The van der Waals surface area contributed by atoms with Crippen molar-refractivity contribution in [3.8, 4) is 0 Å². The van der Waals surface area contributed by atoms with E-state index in [0.29, 0.717) is 0 Å². The molecule has 1 atom stereocenters. The maximum atomic E-state index is 13.6. The summed E-state index contributed by atoms with van der Waals surface area (Å²) in [4.78, 5) is 11.1. The SMILES string of the molecule is Cc1ccc(C(C)(C)N2CC[C@@](CCc3ccc(F)s3)(CN3CCNC(C)(C)C3)C2)cn1. The smallest absolute Gasteiger partial charge is 0.176 e. The van der Waals surface area contributed by atoms with E-state index in [0.717, 1.165) is 57.8 Å². The maximum Gasteiger partial charge on any atom is 0.176 e. The van der Waals surface area contributed by atoms with E-state index in [1.807, 2.05) is 19.2 Å². The lowest BCUT2D eigenvalue weighted by molar-refractivity contribution is 0.0738. The number of hydrogen-bond donors (Lipinski definition) is 1. The van der Waals surface area contributed by atoms with E-state index in [4.69, 9.17) is 0 Å². The predicted molar refractivity (Wildman–Crippen MR) is 132 cm³/mol. The van der Waals surface area contributed by atoms with Gasteiger partial charge in [0.2, 0.25) is 0 Å². The van der Waals surface area contributed by atoms with Gasteiger partial charge in [0, 0.05) is 60.6 Å². The Morgan fingerprint density at radius 2 is 1.97 bits per heavy atom. The topological polar surface area (TPSA) is 31.4 Å². The minimum absolute atomic E-state index is 0.0553. The monoisotopic (exact) mass is 458 g/mol. The van der Waals surface area contributed by atoms with Gasteiger partial charge in [-0.15, -0.1) is 11.3 Å². The van der Waals surface area contributed by atoms with E-state index >= 15 is 0 Å². The van der Waals surface area contributed by atoms with Crippen molar-refractivity contribution in [1.82, 2.24) is 20.1 Å². The van der Waals surface area contributed by atoms with E-state index in [9.17, 15) is 4.39 Å². The van der Waals surface area contributed by atoms with E-state index in [1.165, 1.54) is 28.2 Å². The van der Waals surface area contributed by atoms with Gasteiger partial charge in [-0.3, -0.25) is 14.8 Å². The fourth-order valence-corrected chi connectivity index (χ4v) is 6.29. The molecule has 176 valence electrons. The number of hydrogen-bond acceptors (Lipinski definition) is 5. The lowest BCUT2D eigenvalue weighted by atomic mass is 9.80. The summed E-state index contributed by atoms with van der Waals surface area (Å²) in [5.41, 5.74) is 2.66. The third kappa shape index (κ3) is 5.41. The van der Waals surface area contributed by atoms with Gasteiger partial charge in [-0.2, -0.15) is 4.39 Å². The molecule has 0 saturated carbocycles. The quantitative estimate of drug-likeness (QED) is 0.644. The summed E-state index contributed by atoms with van der Waals surface area (Å²) in [6.07, 6.45) is 5.30. The summed E-state index contributed by atoms with van der Waals surface area (Å²) in [6.45, 7) is 17.8. The molecule has 0 spiro atoms. The Morgan fingerprint density at radius 1 is 1.16 bits per heavy atom. The van der Waals surface area contributed by atoms with Crippen LogP contribution in [0.5, 0.6) is 0 Å². The molecule has 4 nitrogen and oxygen atoms in total. The molecule has 0 bridgehead atoms. The van der Waals surface area contributed by atoms with E-state index < -0.39 is 0 Å². The maximum absolute atomic E-state index is 13.6. The standard InChI is InChI=1S/C26H39FN4S/c1-20-6-7-21(16-28-20)25(4,5)31-14-12-26(19-31,11-10-22-8-9-23(27)32-22)18-30-15-13-29-24(2,3)17-30/h6-9,16,29H,10-15,17-19H2,1-5H3/t26-/m0/s1. The minimum Gasteiger partial charge on any atom is -0.309 e. The Morgan fingerprint density at radius 3 is 2.62 bits per heavy atom. The zero-order chi connectivity index (χ0) is 23.0. The number of nitrogens with zero attached hydrogens (tertiary/aromatic N) is 3. The molecule has 2 aliphatic heterocycles. The Balaban J connectivity index is 1.53. The van der Waals surface area contributed by atoms with Crippen LogP contribution in [0.4, 0.5) is 4.39 Å². The van der Waals surface area contributed by atoms with Crippen molar-refractivity contribution in [3.05, 3.63) is 51.7 Å². The van der Waals surface area contributed by atoms with Crippen LogP contribution in [0.1, 0.15) is 56.7 Å². The molecule has 2 aliphatic rings. The Hall–Kier alpha value is -1.34. The molecule has 6 heteroatoms. The fraction of sp³-hybridized carbons (Fsp3) is 0.654. The Bertz CT molecular complexity index is 907. The van der Waals surface area contributed by atoms with Gasteiger partial charge >= 0.3 is 0 Å². The van der Waals surface area contributed by atoms with Crippen molar-refractivity contribution >= 4 is 11.3 Å². The molecule has 2 aromatic heterocycles. The number of nitrogens with one attached hydrogen (secondary N) is 1. The van der Waals surface area contributed by atoms with Crippen LogP contribution in [0, 0.1) is 17.5 Å². The number of rotatable bonds is 7. The van der Waals surface area contributed by atoms with Gasteiger partial charge < -0.3 is 5.32 Å². The van der Waals surface area contributed by atoms with Gasteiger partial charge in [-0.25, -0.2) is 0 Å². The number of thiophene rings is 1. The van der Waals surface area contributed by atoms with Crippen LogP contribution >= 0.6 is 11.3 Å². The zero-order valence-corrected chi connectivity index (χ0v) is 21.2. The van der Waals surface area contributed by atoms with Crippen molar-refractivity contribution in [3.63, 3.8) is 0 Å². The molecule has 0 unspecified atom stereocenters. The van der Waals surface area contributed by atoms with Crippen LogP contribution in [0.2, 0.25) is 0 Å². The van der Waals surface area contributed by atoms with E-state index in [-0.39, 0.29) is 21.6 Å². The normalized spacial score (nSPS) is 24.8. The van der Waals surface area contributed by atoms with Crippen LogP contribution in [-0.2, 0) is 12.0 Å². The third-order valence-electron chi connectivity index (χ3n) is 7.59. The second-order valence-corrected chi connectivity index (χ2v) is 12.3. The first-order chi connectivity index (χ1) is 15.1. The highest BCUT2D eigenvalue weighted by Gasteiger charge is 2.45. The molecule has 4 rings (SSSR count). The molecule has 4 heterocycles. The Labute approximate surface area is 197 Å². The summed E-state index contributed by atoms with van der Waals surface area (Å²) in [5, 5.41) is 3.58. The van der Waals surface area contributed by atoms with Gasteiger partial charge in [0.25, 0.3) is 0 Å². The van der Waals surface area contributed by atoms with Crippen LogP contribution in [0.15, 0.2) is 30.5 Å². The lowest BCUT2D eigenvalue weighted by Crippen LogP contribution is -2.59. The van der Waals surface area contributed by atoms with Gasteiger partial charge in [0.15, 0.2) is 5.13 Å². The molecule has 32 heavy (non-hydrogen) atoms. The predicted octanol–water partition coefficient (Wildman–Crippen LogP) is 4.83. The molecule has 2 aromatic rings. The first-order valence-electron chi connectivity index (χ1n) is 12.0. The number of aryl methyl sites for hydroxylation is 2. The number of halogens is 1. The summed E-state index contributed by atoms with van der Waals surface area (Å²) in [7, 11) is 0. The molecular weight excluding hydrogens is 419 g/mol. The first kappa shape index (κ1) is 23.8. The van der Waals surface area contributed by atoms with Crippen LogP contribution in [-0.4, -0.2) is 59.6 Å². The number of likely N-dealkylation sites (tertiary alicyclic amines) is 1. The van der Waals surface area contributed by atoms with Crippen LogP contribution in [0.25, 0.3) is 0 Å². The summed E-state index contributed by atoms with van der Waals surface area (Å²) in [6, 6.07) is 7.93. The van der Waals surface area contributed by atoms with Crippen molar-refractivity contribution in [2.75, 3.05) is 39.3 Å². The number of piperazine rings is 1. The van der Waals surface area contributed by atoms with Crippen LogP contribution in [0.3, 0.4) is 0 Å². The molecule has 1 N–H and O–H groups in total. The molecular formula is C26H39FN4S. The second kappa shape index (κ2) is 9.13. The van der Waals surface area contributed by atoms with E-state index in [1.54, 1.807) is 6.07 Å². The van der Waals surface area contributed by atoms with Crippen molar-refractivity contribution in [2.24, 2.45) is 5.41 Å². The van der Waals surface area contributed by atoms with Gasteiger partial charge in [-0.1, -0.05) is 6.07 Å². The molecule has 2 fully saturated rings. The molecule has 0 radical (unpaired) electrons. The third-order valence-corrected chi connectivity index (χ3v) is 8.52. The summed E-state index contributed by atoms with van der Waals surface area (Å²) < 4.78 is 13.6. The van der Waals surface area contributed by atoms with Crippen molar-refractivity contribution in [1.29, 1.82) is 0 Å². The summed E-state index contributed by atoms with van der Waals surface area (Å²) in [5.74, 6) is 0. The average Bonchev–Trinajstić information content (AvgIpc) is 3.33. The summed E-state index contributed by atoms with van der Waals surface area (Å²) >= 11 is 1.31. The van der Waals surface area contributed by atoms with Gasteiger partial charge in [-0.05, 0) is 89.6 Å². The molecule has 0 amide bonds. The second-order valence-electron chi connectivity index (χ2n) is 11.1. The van der Waals surface area contributed by atoms with Crippen LogP contribution < -0.4 is 5.32 Å². The number of pyridine rings is 1. The van der Waals surface area contributed by atoms with E-state index in [2.05, 4.69) is 59.9 Å². The highest BCUT2D eigenvalue weighted by atomic mass is 32.1. The Kier molecular flexibility index (Phi) is 6.79. The van der Waals surface area contributed by atoms with Crippen molar-refractivity contribution in [2.45, 2.75) is 65.0 Å². The molecule has 0 aromatic carbocycles. The molecule has 2 saturated heterocycles. The lowest BCUT2D eigenvalue weighted by Gasteiger charge is -2.44. The number of aromatic nitrogens is 1. The molecule has 0 aliphatic carbocycles. The fourth-order valence-electron chi connectivity index (χ4n) is 5.57. The van der Waals surface area contributed by atoms with Gasteiger partial charge in [0.05, 0.1) is 0 Å². The first-order valence-corrected chi connectivity index (χ1v) is 12.8. The average molecular weight is 459 g/mol.